The maximum atomic E-state index is 15.2. The predicted octanol–water partition coefficient (Wildman–Crippen LogP) is 5.36. The number of hydrogen-bond acceptors (Lipinski definition) is 4. The van der Waals surface area contributed by atoms with Gasteiger partial charge in [-0.05, 0) is 30.3 Å². The van der Waals surface area contributed by atoms with Gasteiger partial charge in [-0.2, -0.15) is 0 Å². The van der Waals surface area contributed by atoms with Crippen LogP contribution < -0.4 is 4.72 Å². The van der Waals surface area contributed by atoms with Crippen LogP contribution in [0.4, 0.5) is 28.9 Å². The number of aromatic nitrogens is 2. The Morgan fingerprint density at radius 3 is 2.53 bits per heavy atom. The lowest BCUT2D eigenvalue weighted by atomic mass is 10.0. The minimum absolute atomic E-state index is 0.0632. The van der Waals surface area contributed by atoms with E-state index in [9.17, 15) is 26.4 Å². The van der Waals surface area contributed by atoms with E-state index >= 15 is 4.39 Å². The number of nitrogens with zero attached hydrogens (tertiary/aromatic N) is 2. The van der Waals surface area contributed by atoms with E-state index in [1.807, 2.05) is 0 Å². The number of rotatable bonds is 5. The van der Waals surface area contributed by atoms with Crippen LogP contribution in [-0.4, -0.2) is 24.2 Å². The van der Waals surface area contributed by atoms with Gasteiger partial charge in [0.25, 0.3) is 10.0 Å². The average Bonchev–Trinajstić information content (AvgIpc) is 3.22. The summed E-state index contributed by atoms with van der Waals surface area (Å²) in [5, 5.41) is -0.240. The molecule has 0 aliphatic carbocycles. The Labute approximate surface area is 193 Å². The summed E-state index contributed by atoms with van der Waals surface area (Å²) in [7, 11) is -4.86. The molecule has 0 saturated heterocycles. The lowest BCUT2D eigenvalue weighted by Gasteiger charge is -2.12. The van der Waals surface area contributed by atoms with Gasteiger partial charge in [0.05, 0.1) is 22.8 Å². The highest BCUT2D eigenvalue weighted by Crippen LogP contribution is 2.35. The van der Waals surface area contributed by atoms with Gasteiger partial charge in [0.2, 0.25) is 11.5 Å². The van der Waals surface area contributed by atoms with Crippen LogP contribution in [0.15, 0.2) is 47.6 Å². The smallest absolute Gasteiger partial charge is 0.265 e. The van der Waals surface area contributed by atoms with Crippen molar-refractivity contribution in [3.05, 3.63) is 93.6 Å². The van der Waals surface area contributed by atoms with Crippen molar-refractivity contribution in [2.45, 2.75) is 4.90 Å². The van der Waals surface area contributed by atoms with Crippen LogP contribution in [0.1, 0.15) is 15.9 Å². The van der Waals surface area contributed by atoms with E-state index < -0.39 is 55.2 Å². The fourth-order valence-corrected chi connectivity index (χ4v) is 4.59. The molecule has 0 amide bonds. The second kappa shape index (κ2) is 8.44. The van der Waals surface area contributed by atoms with E-state index in [2.05, 4.69) is 14.8 Å². The summed E-state index contributed by atoms with van der Waals surface area (Å²) < 4.78 is 83.8. The highest BCUT2D eigenvalue weighted by Gasteiger charge is 2.28. The van der Waals surface area contributed by atoms with Crippen molar-refractivity contribution in [2.75, 3.05) is 4.72 Å². The Kier molecular flexibility index (Phi) is 5.76. The zero-order valence-corrected chi connectivity index (χ0v) is 18.0. The number of aromatic amines is 1. The molecule has 4 aromatic rings. The third-order valence-corrected chi connectivity index (χ3v) is 6.49. The maximum absolute atomic E-state index is 15.2. The molecule has 0 fully saturated rings. The number of benzene rings is 2. The van der Waals surface area contributed by atoms with Crippen molar-refractivity contribution < 1.29 is 30.8 Å². The topological polar surface area (TPSA) is 96.3 Å². The number of anilines is 1. The molecular formula is C21H9ClF4N4O3S. The Bertz CT molecular complexity index is 1650. The van der Waals surface area contributed by atoms with E-state index in [-0.39, 0.29) is 27.3 Å². The van der Waals surface area contributed by atoms with Crippen molar-refractivity contribution in [1.29, 1.82) is 0 Å². The van der Waals surface area contributed by atoms with Crippen LogP contribution in [0.2, 0.25) is 5.02 Å². The first-order valence-corrected chi connectivity index (χ1v) is 10.9. The number of pyridine rings is 1. The predicted molar refractivity (Wildman–Crippen MR) is 114 cm³/mol. The van der Waals surface area contributed by atoms with Gasteiger partial charge in [0, 0.05) is 23.3 Å². The van der Waals surface area contributed by atoms with Crippen LogP contribution in [0, 0.1) is 29.8 Å². The molecule has 172 valence electrons. The summed E-state index contributed by atoms with van der Waals surface area (Å²) in [4.78, 5) is 21.6. The lowest BCUT2D eigenvalue weighted by Crippen LogP contribution is -2.17. The van der Waals surface area contributed by atoms with Gasteiger partial charge in [0.1, 0.15) is 28.0 Å². The van der Waals surface area contributed by atoms with Gasteiger partial charge in [-0.25, -0.2) is 30.8 Å². The molecule has 0 saturated carbocycles. The highest BCUT2D eigenvalue weighted by atomic mass is 35.5. The third-order valence-electron chi connectivity index (χ3n) is 4.73. The zero-order valence-electron chi connectivity index (χ0n) is 16.5. The second-order valence-electron chi connectivity index (χ2n) is 6.79. The molecule has 34 heavy (non-hydrogen) atoms. The number of fused-ring (bicyclic) bond motifs is 1. The van der Waals surface area contributed by atoms with E-state index in [1.54, 1.807) is 4.72 Å². The van der Waals surface area contributed by atoms with E-state index in [0.717, 1.165) is 12.4 Å². The molecule has 0 aliphatic rings. The molecule has 0 radical (unpaired) electrons. The van der Waals surface area contributed by atoms with Gasteiger partial charge in [-0.3, -0.25) is 14.5 Å². The first-order chi connectivity index (χ1) is 16.0. The molecule has 7 nitrogen and oxygen atoms in total. The van der Waals surface area contributed by atoms with Crippen LogP contribution in [-0.2, 0) is 10.0 Å². The van der Waals surface area contributed by atoms with Crippen LogP contribution in [0.3, 0.4) is 0 Å². The molecule has 2 aromatic carbocycles. The van der Waals surface area contributed by atoms with Crippen LogP contribution >= 0.6 is 11.6 Å². The second-order valence-corrected chi connectivity index (χ2v) is 8.82. The van der Waals surface area contributed by atoms with Gasteiger partial charge in [-0.1, -0.05) is 11.6 Å². The van der Waals surface area contributed by atoms with Gasteiger partial charge in [0.15, 0.2) is 5.82 Å². The number of H-pyrrole nitrogens is 1. The first-order valence-electron chi connectivity index (χ1n) is 9.08. The number of carbonyl (C=O) groups excluding carboxylic acids is 1. The standard InChI is InChI=1S/C21H9ClF4N4O3S/c1-27-14-8-29-21-16(18(14)22)10(7-28-21)20(31)17-12(25)4-5-13(19(17)26)30-34(32,33)15-6-9(23)2-3-11(15)24/h2-8,30H,(H,28,29). The molecule has 0 aliphatic heterocycles. The average molecular weight is 509 g/mol. The van der Waals surface area contributed by atoms with E-state index in [4.69, 9.17) is 18.2 Å². The molecule has 0 bridgehead atoms. The molecule has 2 heterocycles. The maximum Gasteiger partial charge on any atom is 0.265 e. The molecule has 4 rings (SSSR count). The fourth-order valence-electron chi connectivity index (χ4n) is 3.16. The lowest BCUT2D eigenvalue weighted by molar-refractivity contribution is 0.103. The molecule has 0 spiro atoms. The van der Waals surface area contributed by atoms with Crippen LogP contribution in [0.5, 0.6) is 0 Å². The van der Waals surface area contributed by atoms with Gasteiger partial charge >= 0.3 is 0 Å². The molecular weight excluding hydrogens is 500 g/mol. The molecule has 0 atom stereocenters. The molecule has 2 N–H and O–H groups in total. The zero-order chi connectivity index (χ0) is 24.8. The summed E-state index contributed by atoms with van der Waals surface area (Å²) >= 11 is 6.14. The normalized spacial score (nSPS) is 11.4. The van der Waals surface area contributed by atoms with Gasteiger partial charge in [-0.15, -0.1) is 0 Å². The van der Waals surface area contributed by atoms with Crippen molar-refractivity contribution in [2.24, 2.45) is 0 Å². The summed E-state index contributed by atoms with van der Waals surface area (Å²) in [6, 6.07) is 2.92. The highest BCUT2D eigenvalue weighted by molar-refractivity contribution is 7.92. The number of carbonyl (C=O) groups is 1. The molecule has 0 unspecified atom stereocenters. The SMILES string of the molecule is [C-]#[N+]c1cnc2[nH]cc(C(=O)c3c(F)ccc(NS(=O)(=O)c4cc(F)ccc4F)c3F)c2c1Cl. The third kappa shape index (κ3) is 3.85. The number of nitrogens with one attached hydrogen (secondary N) is 2. The van der Waals surface area contributed by atoms with Crippen LogP contribution in [0.25, 0.3) is 15.9 Å². The summed E-state index contributed by atoms with van der Waals surface area (Å²) in [6.07, 6.45) is 2.22. The quantitative estimate of drug-likeness (QED) is 0.216. The number of ketones is 1. The summed E-state index contributed by atoms with van der Waals surface area (Å²) in [6.45, 7) is 7.10. The first kappa shape index (κ1) is 23.2. The fraction of sp³-hybridized carbons (Fsp3) is 0. The van der Waals surface area contributed by atoms with Crippen molar-refractivity contribution in [3.8, 4) is 0 Å². The van der Waals surface area contributed by atoms with Crippen molar-refractivity contribution in [1.82, 2.24) is 9.97 Å². The van der Waals surface area contributed by atoms with Gasteiger partial charge < -0.3 is 4.98 Å². The minimum Gasteiger partial charge on any atom is -0.345 e. The summed E-state index contributed by atoms with van der Waals surface area (Å²) in [5.41, 5.74) is -2.40. The number of hydrogen-bond donors (Lipinski definition) is 2. The largest absolute Gasteiger partial charge is 0.345 e. The molecule has 2 aromatic heterocycles. The Morgan fingerprint density at radius 2 is 1.82 bits per heavy atom. The molecule has 13 heteroatoms. The number of sulfonamides is 1. The monoisotopic (exact) mass is 508 g/mol. The minimum atomic E-state index is -4.86. The van der Waals surface area contributed by atoms with Crippen molar-refractivity contribution >= 4 is 49.8 Å². The Morgan fingerprint density at radius 1 is 1.12 bits per heavy atom. The Balaban J connectivity index is 1.82. The van der Waals surface area contributed by atoms with E-state index in [1.165, 1.54) is 0 Å². The van der Waals surface area contributed by atoms with E-state index in [0.29, 0.717) is 30.3 Å². The van der Waals surface area contributed by atoms with Crippen molar-refractivity contribution in [3.63, 3.8) is 0 Å². The Hall–Kier alpha value is -3.95. The summed E-state index contributed by atoms with van der Waals surface area (Å²) in [5.74, 6) is -6.55. The number of halogens is 5.